The third-order valence-electron chi connectivity index (χ3n) is 1.68. The minimum atomic E-state index is -3.85. The number of halogens is 4. The van der Waals surface area contributed by atoms with Gasteiger partial charge < -0.3 is 0 Å². The van der Waals surface area contributed by atoms with E-state index in [1.54, 1.807) is 0 Å². The van der Waals surface area contributed by atoms with Gasteiger partial charge in [0, 0.05) is 12.8 Å². The van der Waals surface area contributed by atoms with Crippen molar-refractivity contribution in [2.75, 3.05) is 0 Å². The Bertz CT molecular complexity index is 131. The van der Waals surface area contributed by atoms with E-state index in [0.717, 1.165) is 0 Å². The van der Waals surface area contributed by atoms with Crippen molar-refractivity contribution in [3.8, 4) is 0 Å². The van der Waals surface area contributed by atoms with Crippen LogP contribution in [0, 0.1) is 5.92 Å². The van der Waals surface area contributed by atoms with E-state index in [4.69, 9.17) is 0 Å². The normalized spacial score (nSPS) is 21.3. The minimum Gasteiger partial charge on any atom is -0.200 e. The molecule has 0 atom stereocenters. The van der Waals surface area contributed by atoms with Gasteiger partial charge in [-0.05, 0) is 12.8 Å². The van der Waals surface area contributed by atoms with Crippen molar-refractivity contribution in [1.82, 2.24) is 0 Å². The number of rotatable bonds is 2. The molecule has 1 rings (SSSR count). The van der Waals surface area contributed by atoms with E-state index >= 15 is 0 Å². The highest BCUT2D eigenvalue weighted by Gasteiger charge is 2.61. The zero-order chi connectivity index (χ0) is 7.99. The smallest absolute Gasteiger partial charge is 0.200 e. The van der Waals surface area contributed by atoms with Crippen LogP contribution in [0.2, 0.25) is 0 Å². The molecule has 0 aliphatic heterocycles. The molecule has 0 nitrogen and oxygen atoms in total. The number of hydrogen-bond acceptors (Lipinski definition) is 0. The largest absolute Gasteiger partial charge is 0.312 e. The molecule has 0 aromatic carbocycles. The van der Waals surface area contributed by atoms with Crippen LogP contribution in [0.3, 0.4) is 0 Å². The second-order valence-corrected chi connectivity index (χ2v) is 2.79. The van der Waals surface area contributed by atoms with Crippen LogP contribution in [0.4, 0.5) is 17.6 Å². The SMILES string of the molecule is CC(F)(F)C(F)(F)C1CC1. The maximum atomic E-state index is 12.4. The summed E-state index contributed by atoms with van der Waals surface area (Å²) in [6, 6.07) is 0. The monoisotopic (exact) mass is 156 g/mol. The average Bonchev–Trinajstić information content (AvgIpc) is 2.38. The van der Waals surface area contributed by atoms with Gasteiger partial charge in [-0.1, -0.05) is 0 Å². The van der Waals surface area contributed by atoms with Crippen LogP contribution >= 0.6 is 0 Å². The highest BCUT2D eigenvalue weighted by Crippen LogP contribution is 2.50. The fourth-order valence-corrected chi connectivity index (χ4v) is 0.804. The van der Waals surface area contributed by atoms with Crippen LogP contribution in [0.25, 0.3) is 0 Å². The quantitative estimate of drug-likeness (QED) is 0.539. The molecule has 0 N–H and O–H groups in total. The summed E-state index contributed by atoms with van der Waals surface area (Å²) in [5.41, 5.74) is 0. The Morgan fingerprint density at radius 3 is 1.60 bits per heavy atom. The maximum absolute atomic E-state index is 12.4. The molecule has 0 saturated heterocycles. The summed E-state index contributed by atoms with van der Waals surface area (Å²) >= 11 is 0. The van der Waals surface area contributed by atoms with Crippen molar-refractivity contribution in [2.45, 2.75) is 31.6 Å². The fraction of sp³-hybridized carbons (Fsp3) is 1.00. The van der Waals surface area contributed by atoms with Crippen molar-refractivity contribution in [3.63, 3.8) is 0 Å². The molecule has 0 unspecified atom stereocenters. The molecule has 0 heterocycles. The zero-order valence-electron chi connectivity index (χ0n) is 5.50. The summed E-state index contributed by atoms with van der Waals surface area (Å²) in [4.78, 5) is 0. The van der Waals surface area contributed by atoms with Crippen molar-refractivity contribution < 1.29 is 17.6 Å². The van der Waals surface area contributed by atoms with Gasteiger partial charge in [-0.15, -0.1) is 0 Å². The molecule has 0 aromatic heterocycles. The summed E-state index contributed by atoms with van der Waals surface area (Å²) in [5.74, 6) is -8.71. The van der Waals surface area contributed by atoms with E-state index in [1.807, 2.05) is 0 Å². The fourth-order valence-electron chi connectivity index (χ4n) is 0.804. The Morgan fingerprint density at radius 2 is 1.50 bits per heavy atom. The first-order chi connectivity index (χ1) is 4.36. The highest BCUT2D eigenvalue weighted by atomic mass is 19.3. The van der Waals surface area contributed by atoms with Gasteiger partial charge in [0.05, 0.1) is 0 Å². The second kappa shape index (κ2) is 1.86. The Kier molecular flexibility index (Phi) is 1.45. The average molecular weight is 156 g/mol. The first-order valence-electron chi connectivity index (χ1n) is 3.11. The van der Waals surface area contributed by atoms with Crippen molar-refractivity contribution in [1.29, 1.82) is 0 Å². The third kappa shape index (κ3) is 1.11. The van der Waals surface area contributed by atoms with Gasteiger partial charge in [-0.2, -0.15) is 8.78 Å². The topological polar surface area (TPSA) is 0 Å². The first-order valence-corrected chi connectivity index (χ1v) is 3.11. The van der Waals surface area contributed by atoms with Crippen LogP contribution in [0.5, 0.6) is 0 Å². The second-order valence-electron chi connectivity index (χ2n) is 2.79. The van der Waals surface area contributed by atoms with E-state index in [1.165, 1.54) is 0 Å². The van der Waals surface area contributed by atoms with Gasteiger partial charge in [-0.25, -0.2) is 8.78 Å². The lowest BCUT2D eigenvalue weighted by Gasteiger charge is -2.22. The Balaban J connectivity index is 2.66. The van der Waals surface area contributed by atoms with Gasteiger partial charge in [0.15, 0.2) is 0 Å². The number of hydrogen-bond donors (Lipinski definition) is 0. The summed E-state index contributed by atoms with van der Waals surface area (Å²) in [7, 11) is 0. The molecule has 4 heteroatoms. The molecule has 0 spiro atoms. The molecular weight excluding hydrogens is 148 g/mol. The maximum Gasteiger partial charge on any atom is 0.312 e. The molecule has 0 bridgehead atoms. The van der Waals surface area contributed by atoms with Crippen LogP contribution < -0.4 is 0 Å². The summed E-state index contributed by atoms with van der Waals surface area (Å²) in [5, 5.41) is 0. The predicted octanol–water partition coefficient (Wildman–Crippen LogP) is 2.69. The Morgan fingerprint density at radius 1 is 1.10 bits per heavy atom. The molecule has 1 fully saturated rings. The van der Waals surface area contributed by atoms with Crippen LogP contribution in [0.15, 0.2) is 0 Å². The summed E-state index contributed by atoms with van der Waals surface area (Å²) < 4.78 is 48.8. The van der Waals surface area contributed by atoms with Gasteiger partial charge in [-0.3, -0.25) is 0 Å². The lowest BCUT2D eigenvalue weighted by atomic mass is 10.1. The first kappa shape index (κ1) is 7.82. The van der Waals surface area contributed by atoms with E-state index in [2.05, 4.69) is 0 Å². The van der Waals surface area contributed by atoms with E-state index in [9.17, 15) is 17.6 Å². The predicted molar refractivity (Wildman–Crippen MR) is 28.3 cm³/mol. The molecule has 1 aliphatic carbocycles. The zero-order valence-corrected chi connectivity index (χ0v) is 5.50. The molecule has 0 aromatic rings. The van der Waals surface area contributed by atoms with Crippen LogP contribution in [0.1, 0.15) is 19.8 Å². The van der Waals surface area contributed by atoms with Crippen molar-refractivity contribution >= 4 is 0 Å². The summed E-state index contributed by atoms with van der Waals surface area (Å²) in [6.07, 6.45) is 0.465. The number of alkyl halides is 4. The standard InChI is InChI=1S/C6H8F4/c1-5(7,8)6(9,10)4-2-3-4/h4H,2-3H2,1H3. The highest BCUT2D eigenvalue weighted by molar-refractivity contribution is 4.94. The van der Waals surface area contributed by atoms with E-state index in [-0.39, 0.29) is 19.8 Å². The van der Waals surface area contributed by atoms with Gasteiger partial charge in [0.1, 0.15) is 0 Å². The van der Waals surface area contributed by atoms with Crippen molar-refractivity contribution in [2.24, 2.45) is 5.92 Å². The van der Waals surface area contributed by atoms with Gasteiger partial charge in [0.2, 0.25) is 0 Å². The molecule has 1 saturated carbocycles. The van der Waals surface area contributed by atoms with E-state index < -0.39 is 17.8 Å². The molecule has 60 valence electrons. The Labute approximate surface area is 56.2 Å². The lowest BCUT2D eigenvalue weighted by Crippen LogP contribution is -2.39. The molecule has 0 amide bonds. The van der Waals surface area contributed by atoms with E-state index in [0.29, 0.717) is 0 Å². The minimum absolute atomic E-state index is 0.233. The lowest BCUT2D eigenvalue weighted by molar-refractivity contribution is -0.209. The third-order valence-corrected chi connectivity index (χ3v) is 1.68. The van der Waals surface area contributed by atoms with Gasteiger partial charge >= 0.3 is 11.8 Å². The summed E-state index contributed by atoms with van der Waals surface area (Å²) in [6.45, 7) is 0.269. The molecule has 10 heavy (non-hydrogen) atoms. The van der Waals surface area contributed by atoms with Gasteiger partial charge in [0.25, 0.3) is 0 Å². The van der Waals surface area contributed by atoms with Crippen molar-refractivity contribution in [3.05, 3.63) is 0 Å². The molecular formula is C6H8F4. The van der Waals surface area contributed by atoms with Crippen LogP contribution in [-0.4, -0.2) is 11.8 Å². The molecule has 1 aliphatic rings. The molecule has 0 radical (unpaired) electrons. The van der Waals surface area contributed by atoms with Crippen LogP contribution in [-0.2, 0) is 0 Å². The Hall–Kier alpha value is -0.280.